The third-order valence-electron chi connectivity index (χ3n) is 11.3. The van der Waals surface area contributed by atoms with Gasteiger partial charge in [0.2, 0.25) is 0 Å². The Hall–Kier alpha value is -2.34. The molecule has 1 aliphatic heterocycles. The van der Waals surface area contributed by atoms with Crippen LogP contribution in [0.1, 0.15) is 68.5 Å². The minimum absolute atomic E-state index is 0.0121. The maximum Gasteiger partial charge on any atom is 0.192 e. The first-order valence-corrected chi connectivity index (χ1v) is 25.8. The van der Waals surface area contributed by atoms with E-state index < -0.39 is 37.3 Å². The van der Waals surface area contributed by atoms with Crippen molar-refractivity contribution in [3.63, 3.8) is 0 Å². The van der Waals surface area contributed by atoms with Crippen LogP contribution >= 0.6 is 0 Å². The van der Waals surface area contributed by atoms with Crippen LogP contribution in [0, 0.1) is 0 Å². The SMILES string of the molecule is CC(C)(C)[Si](C)(C)OC[C@H]1O[C@@H](n2cnc3c(-n4nnc5ccccc54)ncnc32)[C@H](O[Si](C)(C)C(C)(C)C)[C@@H]1O[Si](C)(C)C(C)(C)C. The fraction of sp³-hybridized carbons (Fsp3) is 0.676. The summed E-state index contributed by atoms with van der Waals surface area (Å²) in [5.74, 6) is 0.555. The van der Waals surface area contributed by atoms with Crippen molar-refractivity contribution >= 4 is 47.1 Å². The van der Waals surface area contributed by atoms with E-state index in [9.17, 15) is 0 Å². The monoisotopic (exact) mass is 711 g/mol. The lowest BCUT2D eigenvalue weighted by atomic mass is 10.1. The summed E-state index contributed by atoms with van der Waals surface area (Å²) in [6, 6.07) is 7.81. The van der Waals surface area contributed by atoms with Crippen molar-refractivity contribution in [2.75, 3.05) is 6.61 Å². The van der Waals surface area contributed by atoms with Gasteiger partial charge in [0.15, 0.2) is 48.2 Å². The van der Waals surface area contributed by atoms with Crippen LogP contribution in [-0.4, -0.2) is 84.4 Å². The molecule has 0 unspecified atom stereocenters. The summed E-state index contributed by atoms with van der Waals surface area (Å²) in [4.78, 5) is 14.2. The number of benzene rings is 1. The van der Waals surface area contributed by atoms with Gasteiger partial charge in [-0.25, -0.2) is 15.0 Å². The number of aromatic nitrogens is 7. The van der Waals surface area contributed by atoms with E-state index in [-0.39, 0.29) is 27.3 Å². The van der Waals surface area contributed by atoms with Gasteiger partial charge in [0.05, 0.1) is 18.5 Å². The Morgan fingerprint density at radius 1 is 0.750 bits per heavy atom. The summed E-state index contributed by atoms with van der Waals surface area (Å²) < 4.78 is 32.3. The van der Waals surface area contributed by atoms with E-state index in [1.54, 1.807) is 17.3 Å². The smallest absolute Gasteiger partial charge is 0.192 e. The van der Waals surface area contributed by atoms with Gasteiger partial charge >= 0.3 is 0 Å². The van der Waals surface area contributed by atoms with E-state index in [1.165, 1.54) is 0 Å². The second kappa shape index (κ2) is 12.5. The van der Waals surface area contributed by atoms with Gasteiger partial charge in [0.25, 0.3) is 0 Å². The standard InChI is InChI=1S/C34H57N7O4Si3/c1-32(2,3)46(10,11)42-20-25-27(44-47(12,13)33(4,5)6)28(45-48(14,15)34(7,8)9)31(43-25)40-22-37-26-29(40)35-21-36-30(26)41-24-19-17-16-18-23(24)38-39-41/h16-19,21-22,25,27-28,31H,20H2,1-15H3/t25-,27-,28-,31-/m1/s1. The van der Waals surface area contributed by atoms with Crippen LogP contribution in [0.25, 0.3) is 28.0 Å². The van der Waals surface area contributed by atoms with E-state index >= 15 is 0 Å². The lowest BCUT2D eigenvalue weighted by molar-refractivity contribution is -0.0470. The summed E-state index contributed by atoms with van der Waals surface area (Å²) >= 11 is 0. The number of hydrogen-bond acceptors (Lipinski definition) is 9. The number of para-hydroxylation sites is 1. The molecule has 4 atom stereocenters. The highest BCUT2D eigenvalue weighted by Crippen LogP contribution is 2.47. The summed E-state index contributed by atoms with van der Waals surface area (Å²) in [7, 11) is -6.71. The van der Waals surface area contributed by atoms with E-state index in [2.05, 4.69) is 117 Å². The molecule has 0 N–H and O–H groups in total. The van der Waals surface area contributed by atoms with Crippen molar-refractivity contribution in [3.05, 3.63) is 36.9 Å². The van der Waals surface area contributed by atoms with Gasteiger partial charge in [-0.2, -0.15) is 4.68 Å². The molecule has 48 heavy (non-hydrogen) atoms. The van der Waals surface area contributed by atoms with Gasteiger partial charge in [-0.3, -0.25) is 4.57 Å². The first-order chi connectivity index (χ1) is 22.0. The molecular formula is C34H57N7O4Si3. The Kier molecular flexibility index (Phi) is 9.59. The zero-order chi connectivity index (χ0) is 35.7. The lowest BCUT2D eigenvalue weighted by Crippen LogP contribution is -2.54. The number of hydrogen-bond donors (Lipinski definition) is 0. The van der Waals surface area contributed by atoms with E-state index in [0.717, 1.165) is 11.0 Å². The van der Waals surface area contributed by atoms with Crippen molar-refractivity contribution < 1.29 is 18.0 Å². The number of nitrogens with zero attached hydrogens (tertiary/aromatic N) is 7. The van der Waals surface area contributed by atoms with E-state index in [4.69, 9.17) is 28.0 Å². The van der Waals surface area contributed by atoms with Crippen molar-refractivity contribution in [1.82, 2.24) is 34.5 Å². The molecule has 0 amide bonds. The van der Waals surface area contributed by atoms with Gasteiger partial charge in [-0.05, 0) is 66.5 Å². The molecule has 0 bridgehead atoms. The van der Waals surface area contributed by atoms with Gasteiger partial charge < -0.3 is 18.0 Å². The minimum atomic E-state index is -2.32. The van der Waals surface area contributed by atoms with Gasteiger partial charge in [-0.1, -0.05) is 79.7 Å². The van der Waals surface area contributed by atoms with E-state index in [0.29, 0.717) is 23.6 Å². The molecule has 11 nitrogen and oxygen atoms in total. The van der Waals surface area contributed by atoms with Crippen LogP contribution in [-0.2, 0) is 18.0 Å². The molecule has 3 aromatic heterocycles. The van der Waals surface area contributed by atoms with Crippen LogP contribution in [0.3, 0.4) is 0 Å². The lowest BCUT2D eigenvalue weighted by Gasteiger charge is -2.44. The molecule has 0 aliphatic carbocycles. The van der Waals surface area contributed by atoms with Gasteiger partial charge in [0.1, 0.15) is 30.2 Å². The molecule has 0 saturated carbocycles. The minimum Gasteiger partial charge on any atom is -0.414 e. The van der Waals surface area contributed by atoms with Crippen molar-refractivity contribution in [1.29, 1.82) is 0 Å². The predicted molar refractivity (Wildman–Crippen MR) is 199 cm³/mol. The van der Waals surface area contributed by atoms with Gasteiger partial charge in [-0.15, -0.1) is 5.10 Å². The van der Waals surface area contributed by atoms with Crippen LogP contribution in [0.2, 0.25) is 54.4 Å². The molecule has 264 valence electrons. The van der Waals surface area contributed by atoms with E-state index in [1.807, 2.05) is 28.8 Å². The number of rotatable bonds is 9. The Labute approximate surface area is 289 Å². The second-order valence-electron chi connectivity index (χ2n) is 17.8. The highest BCUT2D eigenvalue weighted by molar-refractivity contribution is 6.75. The quantitative estimate of drug-likeness (QED) is 0.158. The molecule has 0 radical (unpaired) electrons. The summed E-state index contributed by atoms with van der Waals surface area (Å²) in [5.41, 5.74) is 2.85. The van der Waals surface area contributed by atoms with Crippen molar-refractivity contribution in [2.45, 2.75) is 141 Å². The average molecular weight is 712 g/mol. The average Bonchev–Trinajstić information content (AvgIpc) is 3.66. The summed E-state index contributed by atoms with van der Waals surface area (Å²) in [6.07, 6.45) is 1.65. The molecule has 1 saturated heterocycles. The zero-order valence-electron chi connectivity index (χ0n) is 31.7. The first-order valence-electron chi connectivity index (χ1n) is 17.1. The molecule has 5 rings (SSSR count). The highest BCUT2D eigenvalue weighted by Gasteiger charge is 2.55. The molecular weight excluding hydrogens is 655 g/mol. The third kappa shape index (κ3) is 6.86. The maximum atomic E-state index is 7.36. The number of imidazole rings is 1. The molecule has 4 heterocycles. The Bertz CT molecular complexity index is 1750. The molecule has 0 spiro atoms. The Balaban J connectivity index is 1.64. The maximum absolute atomic E-state index is 7.36. The highest BCUT2D eigenvalue weighted by atomic mass is 28.4. The third-order valence-corrected chi connectivity index (χ3v) is 24.8. The molecule has 14 heteroatoms. The second-order valence-corrected chi connectivity index (χ2v) is 32.2. The molecule has 1 aliphatic rings. The fourth-order valence-electron chi connectivity index (χ4n) is 5.08. The predicted octanol–water partition coefficient (Wildman–Crippen LogP) is 8.26. The number of fused-ring (bicyclic) bond motifs is 2. The summed E-state index contributed by atoms with van der Waals surface area (Å²) in [5, 5.41) is 8.77. The first kappa shape index (κ1) is 36.9. The van der Waals surface area contributed by atoms with Crippen molar-refractivity contribution in [3.8, 4) is 5.82 Å². The van der Waals surface area contributed by atoms with Gasteiger partial charge in [0, 0.05) is 0 Å². The van der Waals surface area contributed by atoms with Crippen LogP contribution < -0.4 is 0 Å². The molecule has 1 aromatic carbocycles. The Morgan fingerprint density at radius 3 is 1.94 bits per heavy atom. The van der Waals surface area contributed by atoms with Crippen LogP contribution in [0.5, 0.6) is 0 Å². The zero-order valence-corrected chi connectivity index (χ0v) is 34.7. The topological polar surface area (TPSA) is 111 Å². The molecule has 4 aromatic rings. The van der Waals surface area contributed by atoms with Crippen LogP contribution in [0.4, 0.5) is 0 Å². The van der Waals surface area contributed by atoms with Crippen LogP contribution in [0.15, 0.2) is 36.9 Å². The fourth-order valence-corrected chi connectivity index (χ4v) is 8.70. The van der Waals surface area contributed by atoms with Crippen molar-refractivity contribution in [2.24, 2.45) is 0 Å². The number of ether oxygens (including phenoxy) is 1. The largest absolute Gasteiger partial charge is 0.414 e. The molecule has 1 fully saturated rings. The summed E-state index contributed by atoms with van der Waals surface area (Å²) in [6.45, 7) is 34.5. The normalized spacial score (nSPS) is 21.9. The Morgan fingerprint density at radius 2 is 1.33 bits per heavy atom.